The molecule has 0 aliphatic rings. The zero-order valence-corrected chi connectivity index (χ0v) is 17.0. The Bertz CT molecular complexity index is 1270. The third-order valence-corrected chi connectivity index (χ3v) is 6.75. The van der Waals surface area contributed by atoms with E-state index in [0.717, 1.165) is 11.1 Å². The molecule has 5 nitrogen and oxygen atoms in total. The quantitative estimate of drug-likeness (QED) is 0.534. The van der Waals surface area contributed by atoms with Gasteiger partial charge in [-0.1, -0.05) is 29.8 Å². The van der Waals surface area contributed by atoms with E-state index in [1.165, 1.54) is 3.97 Å². The third kappa shape index (κ3) is 3.30. The van der Waals surface area contributed by atoms with E-state index in [2.05, 4.69) is 0 Å². The molecule has 0 amide bonds. The van der Waals surface area contributed by atoms with E-state index in [1.54, 1.807) is 61.7 Å². The summed E-state index contributed by atoms with van der Waals surface area (Å²) in [4.78, 5) is 0.213. The Morgan fingerprint density at radius 2 is 1.66 bits per heavy atom. The Labute approximate surface area is 169 Å². The van der Waals surface area contributed by atoms with Crippen LogP contribution < -0.4 is 4.74 Å². The number of methoxy groups -OCH3 is 1. The zero-order chi connectivity index (χ0) is 20.6. The first-order valence-electron chi connectivity index (χ1n) is 9.16. The minimum Gasteiger partial charge on any atom is -0.497 e. The van der Waals surface area contributed by atoms with E-state index in [1.807, 2.05) is 25.1 Å². The molecule has 6 heteroatoms. The molecule has 0 aliphatic heterocycles. The molecular formula is C23H21NO4S. The van der Waals surface area contributed by atoms with Crippen LogP contribution in [0.5, 0.6) is 5.75 Å². The maximum atomic E-state index is 13.6. The first kappa shape index (κ1) is 19.2. The van der Waals surface area contributed by atoms with Gasteiger partial charge in [0.05, 0.1) is 29.8 Å². The van der Waals surface area contributed by atoms with Crippen LogP contribution in [0.1, 0.15) is 11.1 Å². The van der Waals surface area contributed by atoms with Crippen molar-refractivity contribution in [3.05, 3.63) is 83.9 Å². The lowest BCUT2D eigenvalue weighted by Gasteiger charge is -2.13. The van der Waals surface area contributed by atoms with Crippen LogP contribution in [0, 0.1) is 6.92 Å². The lowest BCUT2D eigenvalue weighted by molar-refractivity contribution is 0.283. The van der Waals surface area contributed by atoms with Crippen molar-refractivity contribution in [3.8, 4) is 17.0 Å². The molecule has 1 aromatic heterocycles. The van der Waals surface area contributed by atoms with Gasteiger partial charge in [-0.15, -0.1) is 0 Å². The van der Waals surface area contributed by atoms with Crippen LogP contribution in [0.4, 0.5) is 0 Å². The Morgan fingerprint density at radius 3 is 2.28 bits per heavy atom. The highest BCUT2D eigenvalue weighted by atomic mass is 32.2. The SMILES string of the molecule is COc1ccc(-c2cc3c(CO)cccc3n2S(=O)(=O)c2ccc(C)cc2)cc1. The van der Waals surface area contributed by atoms with Gasteiger partial charge < -0.3 is 9.84 Å². The highest BCUT2D eigenvalue weighted by Crippen LogP contribution is 2.34. The number of ether oxygens (including phenoxy) is 1. The summed E-state index contributed by atoms with van der Waals surface area (Å²) in [5, 5.41) is 10.5. The molecule has 0 atom stereocenters. The van der Waals surface area contributed by atoms with Gasteiger partial charge in [-0.05, 0) is 66.6 Å². The number of aliphatic hydroxyl groups excluding tert-OH is 1. The van der Waals surface area contributed by atoms with E-state index in [0.29, 0.717) is 27.9 Å². The summed E-state index contributed by atoms with van der Waals surface area (Å²) in [5.74, 6) is 0.689. The molecule has 0 fully saturated rings. The maximum absolute atomic E-state index is 13.6. The standard InChI is InChI=1S/C23H21NO4S/c1-16-6-12-20(13-7-16)29(26,27)24-22-5-3-4-18(15-25)21(22)14-23(24)17-8-10-19(28-2)11-9-17/h3-14,25H,15H2,1-2H3. The van der Waals surface area contributed by atoms with Crippen molar-refractivity contribution in [2.75, 3.05) is 7.11 Å². The number of aryl methyl sites for hydroxylation is 1. The van der Waals surface area contributed by atoms with Crippen molar-refractivity contribution < 1.29 is 18.3 Å². The summed E-state index contributed by atoms with van der Waals surface area (Å²) in [6.07, 6.45) is 0. The van der Waals surface area contributed by atoms with Gasteiger partial charge in [-0.2, -0.15) is 0 Å². The minimum absolute atomic E-state index is 0.173. The van der Waals surface area contributed by atoms with Gasteiger partial charge in [0.1, 0.15) is 5.75 Å². The molecule has 1 heterocycles. The van der Waals surface area contributed by atoms with Crippen molar-refractivity contribution in [1.29, 1.82) is 0 Å². The highest BCUT2D eigenvalue weighted by molar-refractivity contribution is 7.90. The van der Waals surface area contributed by atoms with Gasteiger partial charge in [0.2, 0.25) is 0 Å². The van der Waals surface area contributed by atoms with Gasteiger partial charge in [-0.3, -0.25) is 0 Å². The van der Waals surface area contributed by atoms with Gasteiger partial charge in [-0.25, -0.2) is 12.4 Å². The number of hydrogen-bond acceptors (Lipinski definition) is 4. The Kier molecular flexibility index (Phi) is 4.90. The molecule has 148 valence electrons. The average molecular weight is 407 g/mol. The van der Waals surface area contributed by atoms with E-state index in [9.17, 15) is 13.5 Å². The fourth-order valence-electron chi connectivity index (χ4n) is 3.44. The van der Waals surface area contributed by atoms with Crippen LogP contribution in [0.2, 0.25) is 0 Å². The van der Waals surface area contributed by atoms with Crippen LogP contribution in [0.25, 0.3) is 22.2 Å². The molecule has 0 saturated heterocycles. The van der Waals surface area contributed by atoms with Crippen LogP contribution in [0.3, 0.4) is 0 Å². The monoisotopic (exact) mass is 407 g/mol. The number of benzene rings is 3. The molecule has 3 aromatic carbocycles. The second-order valence-electron chi connectivity index (χ2n) is 6.85. The van der Waals surface area contributed by atoms with Gasteiger partial charge >= 0.3 is 0 Å². The number of aliphatic hydroxyl groups is 1. The van der Waals surface area contributed by atoms with Crippen LogP contribution in [0.15, 0.2) is 77.7 Å². The lowest BCUT2D eigenvalue weighted by atomic mass is 10.1. The second kappa shape index (κ2) is 7.39. The second-order valence-corrected chi connectivity index (χ2v) is 8.64. The van der Waals surface area contributed by atoms with Gasteiger partial charge in [0.25, 0.3) is 10.0 Å². The zero-order valence-electron chi connectivity index (χ0n) is 16.2. The molecular weight excluding hydrogens is 386 g/mol. The van der Waals surface area contributed by atoms with Crippen molar-refractivity contribution in [1.82, 2.24) is 3.97 Å². The maximum Gasteiger partial charge on any atom is 0.268 e. The summed E-state index contributed by atoms with van der Waals surface area (Å²) in [7, 11) is -2.27. The molecule has 0 unspecified atom stereocenters. The van der Waals surface area contributed by atoms with Gasteiger partial charge in [0, 0.05) is 5.39 Å². The number of nitrogens with zero attached hydrogens (tertiary/aromatic N) is 1. The summed E-state index contributed by atoms with van der Waals surface area (Å²) in [6, 6.07) is 21.2. The van der Waals surface area contributed by atoms with Crippen LogP contribution in [-0.4, -0.2) is 24.6 Å². The number of hydrogen-bond donors (Lipinski definition) is 1. The largest absolute Gasteiger partial charge is 0.497 e. The van der Waals surface area contributed by atoms with E-state index >= 15 is 0 Å². The molecule has 4 rings (SSSR count). The molecule has 4 aromatic rings. The van der Waals surface area contributed by atoms with Crippen molar-refractivity contribution in [2.24, 2.45) is 0 Å². The fourth-order valence-corrected chi connectivity index (χ4v) is 4.97. The minimum atomic E-state index is -3.85. The summed E-state index contributed by atoms with van der Waals surface area (Å²) < 4.78 is 33.8. The molecule has 1 N–H and O–H groups in total. The van der Waals surface area contributed by atoms with Crippen molar-refractivity contribution in [3.63, 3.8) is 0 Å². The molecule has 0 spiro atoms. The molecule has 0 saturated carbocycles. The topological polar surface area (TPSA) is 68.5 Å². The Hall–Kier alpha value is -3.09. The third-order valence-electron chi connectivity index (χ3n) is 5.01. The Morgan fingerprint density at radius 1 is 0.966 bits per heavy atom. The van der Waals surface area contributed by atoms with E-state index in [-0.39, 0.29) is 11.5 Å². The molecule has 0 bridgehead atoms. The summed E-state index contributed by atoms with van der Waals surface area (Å²) in [6.45, 7) is 1.74. The predicted molar refractivity (Wildman–Crippen MR) is 114 cm³/mol. The first-order valence-corrected chi connectivity index (χ1v) is 10.6. The van der Waals surface area contributed by atoms with Crippen LogP contribution in [-0.2, 0) is 16.6 Å². The average Bonchev–Trinajstić information content (AvgIpc) is 3.14. The normalized spacial score (nSPS) is 11.7. The number of fused-ring (bicyclic) bond motifs is 1. The molecule has 0 radical (unpaired) electrons. The number of aromatic nitrogens is 1. The van der Waals surface area contributed by atoms with E-state index < -0.39 is 10.0 Å². The molecule has 29 heavy (non-hydrogen) atoms. The number of rotatable bonds is 5. The Balaban J connectivity index is 2.03. The van der Waals surface area contributed by atoms with Gasteiger partial charge in [0.15, 0.2) is 0 Å². The van der Waals surface area contributed by atoms with Crippen molar-refractivity contribution >= 4 is 20.9 Å². The van der Waals surface area contributed by atoms with Crippen LogP contribution >= 0.6 is 0 Å². The summed E-state index contributed by atoms with van der Waals surface area (Å²) >= 11 is 0. The molecule has 0 aliphatic carbocycles. The van der Waals surface area contributed by atoms with E-state index in [4.69, 9.17) is 4.74 Å². The first-order chi connectivity index (χ1) is 14.0. The highest BCUT2D eigenvalue weighted by Gasteiger charge is 2.24. The summed E-state index contributed by atoms with van der Waals surface area (Å²) in [5.41, 5.74) is 3.46. The predicted octanol–water partition coefficient (Wildman–Crippen LogP) is 4.35. The fraction of sp³-hybridized carbons (Fsp3) is 0.130. The van der Waals surface area contributed by atoms with Crippen molar-refractivity contribution in [2.45, 2.75) is 18.4 Å². The smallest absolute Gasteiger partial charge is 0.268 e. The lowest BCUT2D eigenvalue weighted by Crippen LogP contribution is -2.14.